The Kier molecular flexibility index (Phi) is 3.29. The molecule has 0 unspecified atom stereocenters. The molecular weight excluding hydrogens is 212 g/mol. The molecular formula is C10H12N2S2. The lowest BCUT2D eigenvalue weighted by Gasteiger charge is -1.99. The van der Waals surface area contributed by atoms with Crippen molar-refractivity contribution < 1.29 is 0 Å². The first-order valence-corrected chi connectivity index (χ1v) is 6.23. The second-order valence-corrected chi connectivity index (χ2v) is 5.18. The molecule has 0 fully saturated rings. The van der Waals surface area contributed by atoms with Crippen molar-refractivity contribution >= 4 is 22.7 Å². The van der Waals surface area contributed by atoms with Crippen molar-refractivity contribution in [3.05, 3.63) is 38.5 Å². The number of nitrogens with zero attached hydrogens (tertiary/aromatic N) is 1. The van der Waals surface area contributed by atoms with E-state index in [1.54, 1.807) is 22.7 Å². The van der Waals surface area contributed by atoms with E-state index in [2.05, 4.69) is 27.1 Å². The highest BCUT2D eigenvalue weighted by atomic mass is 32.1. The van der Waals surface area contributed by atoms with Gasteiger partial charge >= 0.3 is 0 Å². The molecule has 0 bridgehead atoms. The molecule has 4 heteroatoms. The molecule has 2 nitrogen and oxygen atoms in total. The third-order valence-electron chi connectivity index (χ3n) is 1.88. The van der Waals surface area contributed by atoms with Crippen LogP contribution in [0.2, 0.25) is 0 Å². The van der Waals surface area contributed by atoms with E-state index in [1.807, 2.05) is 13.1 Å². The van der Waals surface area contributed by atoms with Crippen molar-refractivity contribution in [2.75, 3.05) is 0 Å². The highest BCUT2D eigenvalue weighted by Crippen LogP contribution is 2.11. The topological polar surface area (TPSA) is 24.9 Å². The Hall–Kier alpha value is -0.710. The van der Waals surface area contributed by atoms with Gasteiger partial charge in [0.2, 0.25) is 0 Å². The van der Waals surface area contributed by atoms with Crippen molar-refractivity contribution in [3.63, 3.8) is 0 Å². The molecule has 2 aromatic rings. The normalized spacial score (nSPS) is 10.6. The van der Waals surface area contributed by atoms with Crippen LogP contribution in [0.25, 0.3) is 0 Å². The lowest BCUT2D eigenvalue weighted by atomic mass is 10.3. The standard InChI is InChI=1S/C10H12N2S2/c1-8-12-6-10(14-8)5-11-4-9-2-3-13-7-9/h2-3,6-7,11H,4-5H2,1H3. The highest BCUT2D eigenvalue weighted by molar-refractivity contribution is 7.11. The molecule has 74 valence electrons. The molecule has 0 aliphatic rings. The number of thiophene rings is 1. The van der Waals surface area contributed by atoms with Crippen LogP contribution in [-0.4, -0.2) is 4.98 Å². The summed E-state index contributed by atoms with van der Waals surface area (Å²) in [6, 6.07) is 2.15. The maximum absolute atomic E-state index is 4.21. The average Bonchev–Trinajstić information content (AvgIpc) is 2.77. The zero-order valence-corrected chi connectivity index (χ0v) is 9.62. The number of aryl methyl sites for hydroxylation is 1. The number of hydrogen-bond acceptors (Lipinski definition) is 4. The lowest BCUT2D eigenvalue weighted by Crippen LogP contribution is -2.10. The quantitative estimate of drug-likeness (QED) is 0.864. The van der Waals surface area contributed by atoms with E-state index in [0.717, 1.165) is 18.1 Å². The molecule has 1 N–H and O–H groups in total. The molecule has 2 heterocycles. The molecule has 0 amide bonds. The Balaban J connectivity index is 1.78. The Morgan fingerprint density at radius 2 is 2.36 bits per heavy atom. The van der Waals surface area contributed by atoms with E-state index in [1.165, 1.54) is 10.4 Å². The number of hydrogen-bond donors (Lipinski definition) is 1. The van der Waals surface area contributed by atoms with Gasteiger partial charge in [-0.25, -0.2) is 4.98 Å². The fraction of sp³-hybridized carbons (Fsp3) is 0.300. The van der Waals surface area contributed by atoms with E-state index in [4.69, 9.17) is 0 Å². The fourth-order valence-corrected chi connectivity index (χ4v) is 2.64. The van der Waals surface area contributed by atoms with E-state index in [9.17, 15) is 0 Å². The van der Waals surface area contributed by atoms with Crippen molar-refractivity contribution in [2.45, 2.75) is 20.0 Å². The van der Waals surface area contributed by atoms with Gasteiger partial charge in [0.1, 0.15) is 0 Å². The van der Waals surface area contributed by atoms with Gasteiger partial charge < -0.3 is 5.32 Å². The summed E-state index contributed by atoms with van der Waals surface area (Å²) in [5, 5.41) is 8.81. The zero-order chi connectivity index (χ0) is 9.80. The van der Waals surface area contributed by atoms with Gasteiger partial charge in [0.15, 0.2) is 0 Å². The monoisotopic (exact) mass is 224 g/mol. The molecule has 0 aromatic carbocycles. The number of thiazole rings is 1. The first-order chi connectivity index (χ1) is 6.84. The van der Waals surface area contributed by atoms with Gasteiger partial charge in [-0.05, 0) is 29.3 Å². The molecule has 0 spiro atoms. The maximum Gasteiger partial charge on any atom is 0.0897 e. The van der Waals surface area contributed by atoms with Gasteiger partial charge in [0.25, 0.3) is 0 Å². The average molecular weight is 224 g/mol. The Morgan fingerprint density at radius 1 is 1.43 bits per heavy atom. The molecule has 0 saturated carbocycles. The van der Waals surface area contributed by atoms with Gasteiger partial charge in [-0.15, -0.1) is 11.3 Å². The van der Waals surface area contributed by atoms with Crippen LogP contribution in [0.4, 0.5) is 0 Å². The second-order valence-electron chi connectivity index (χ2n) is 3.08. The predicted molar refractivity (Wildman–Crippen MR) is 61.7 cm³/mol. The Bertz CT molecular complexity index is 378. The molecule has 14 heavy (non-hydrogen) atoms. The smallest absolute Gasteiger partial charge is 0.0897 e. The minimum atomic E-state index is 0.918. The lowest BCUT2D eigenvalue weighted by molar-refractivity contribution is 0.701. The fourth-order valence-electron chi connectivity index (χ4n) is 1.21. The van der Waals surface area contributed by atoms with E-state index in [-0.39, 0.29) is 0 Å². The number of nitrogens with one attached hydrogen (secondary N) is 1. The minimum absolute atomic E-state index is 0.918. The van der Waals surface area contributed by atoms with Crippen molar-refractivity contribution in [1.82, 2.24) is 10.3 Å². The van der Waals surface area contributed by atoms with Crippen molar-refractivity contribution in [2.24, 2.45) is 0 Å². The third-order valence-corrected chi connectivity index (χ3v) is 3.52. The minimum Gasteiger partial charge on any atom is -0.308 e. The molecule has 0 aliphatic carbocycles. The van der Waals surface area contributed by atoms with Crippen LogP contribution in [0.15, 0.2) is 23.0 Å². The van der Waals surface area contributed by atoms with Crippen molar-refractivity contribution in [1.29, 1.82) is 0 Å². The first-order valence-electron chi connectivity index (χ1n) is 4.48. The summed E-state index contributed by atoms with van der Waals surface area (Å²) in [5.41, 5.74) is 1.36. The molecule has 2 aromatic heterocycles. The summed E-state index contributed by atoms with van der Waals surface area (Å²) in [6.45, 7) is 3.90. The van der Waals surface area contributed by atoms with Gasteiger partial charge in [-0.1, -0.05) is 0 Å². The summed E-state index contributed by atoms with van der Waals surface area (Å²) in [5.74, 6) is 0. The van der Waals surface area contributed by atoms with Gasteiger partial charge in [-0.3, -0.25) is 0 Å². The van der Waals surface area contributed by atoms with Crippen molar-refractivity contribution in [3.8, 4) is 0 Å². The Labute approximate surface area is 91.6 Å². The predicted octanol–water partition coefficient (Wildman–Crippen LogP) is 2.80. The van der Waals surface area contributed by atoms with Crippen LogP contribution >= 0.6 is 22.7 Å². The molecule has 0 aliphatic heterocycles. The second kappa shape index (κ2) is 4.68. The van der Waals surface area contributed by atoms with Gasteiger partial charge in [-0.2, -0.15) is 11.3 Å². The highest BCUT2D eigenvalue weighted by Gasteiger charge is 1.97. The summed E-state index contributed by atoms with van der Waals surface area (Å²) >= 11 is 3.49. The third kappa shape index (κ3) is 2.64. The summed E-state index contributed by atoms with van der Waals surface area (Å²) < 4.78 is 0. The van der Waals surface area contributed by atoms with Crippen LogP contribution in [-0.2, 0) is 13.1 Å². The van der Waals surface area contributed by atoms with Gasteiger partial charge in [0.05, 0.1) is 5.01 Å². The van der Waals surface area contributed by atoms with Crippen LogP contribution in [0.1, 0.15) is 15.4 Å². The van der Waals surface area contributed by atoms with Crippen LogP contribution < -0.4 is 5.32 Å². The molecule has 0 radical (unpaired) electrons. The van der Waals surface area contributed by atoms with Crippen LogP contribution in [0.3, 0.4) is 0 Å². The van der Waals surface area contributed by atoms with Gasteiger partial charge in [0, 0.05) is 24.2 Å². The summed E-state index contributed by atoms with van der Waals surface area (Å²) in [4.78, 5) is 5.52. The maximum atomic E-state index is 4.21. The molecule has 0 saturated heterocycles. The summed E-state index contributed by atoms with van der Waals surface area (Å²) in [7, 11) is 0. The SMILES string of the molecule is Cc1ncc(CNCc2ccsc2)s1. The van der Waals surface area contributed by atoms with Crippen LogP contribution in [0.5, 0.6) is 0 Å². The van der Waals surface area contributed by atoms with E-state index >= 15 is 0 Å². The largest absolute Gasteiger partial charge is 0.308 e. The van der Waals surface area contributed by atoms with Crippen LogP contribution in [0, 0.1) is 6.92 Å². The summed E-state index contributed by atoms with van der Waals surface area (Å²) in [6.07, 6.45) is 1.95. The number of rotatable bonds is 4. The molecule has 0 atom stereocenters. The number of aromatic nitrogens is 1. The Morgan fingerprint density at radius 3 is 3.00 bits per heavy atom. The zero-order valence-electron chi connectivity index (χ0n) is 7.99. The molecule has 2 rings (SSSR count). The van der Waals surface area contributed by atoms with E-state index in [0.29, 0.717) is 0 Å². The first kappa shape index (κ1) is 9.83. The van der Waals surface area contributed by atoms with E-state index < -0.39 is 0 Å².